The van der Waals surface area contributed by atoms with E-state index in [0.717, 1.165) is 31.6 Å². The predicted octanol–water partition coefficient (Wildman–Crippen LogP) is 0.986. The Bertz CT molecular complexity index is 925. The highest BCUT2D eigenvalue weighted by Crippen LogP contribution is 2.27. The van der Waals surface area contributed by atoms with Crippen molar-refractivity contribution >= 4 is 17.0 Å². The average molecular weight is 329 g/mol. The van der Waals surface area contributed by atoms with Gasteiger partial charge < -0.3 is 9.42 Å². The lowest BCUT2D eigenvalue weighted by atomic mass is 9.98. The SMILES string of the molecule is CCc1nc([C@H]2CCCN(c3nc4c(cnn4C)c(=O)[nH]3)C2)no1. The van der Waals surface area contributed by atoms with E-state index in [1.54, 1.807) is 11.7 Å². The maximum atomic E-state index is 12.2. The summed E-state index contributed by atoms with van der Waals surface area (Å²) in [5.74, 6) is 2.14. The van der Waals surface area contributed by atoms with Crippen molar-refractivity contribution in [1.29, 1.82) is 0 Å². The van der Waals surface area contributed by atoms with Crippen LogP contribution in [0.5, 0.6) is 0 Å². The van der Waals surface area contributed by atoms with Crippen LogP contribution in [0.4, 0.5) is 5.95 Å². The Balaban J connectivity index is 1.64. The van der Waals surface area contributed by atoms with Crippen molar-refractivity contribution in [2.45, 2.75) is 32.1 Å². The molecule has 1 aliphatic rings. The highest BCUT2D eigenvalue weighted by Gasteiger charge is 2.27. The highest BCUT2D eigenvalue weighted by molar-refractivity contribution is 5.74. The Morgan fingerprint density at radius 2 is 2.29 bits per heavy atom. The second kappa shape index (κ2) is 5.73. The number of aromatic amines is 1. The number of hydrogen-bond acceptors (Lipinski definition) is 7. The number of rotatable bonds is 3. The molecular formula is C15H19N7O2. The van der Waals surface area contributed by atoms with Gasteiger partial charge in [0, 0.05) is 32.5 Å². The lowest BCUT2D eigenvalue weighted by Gasteiger charge is -2.31. The maximum Gasteiger partial charge on any atom is 0.263 e. The van der Waals surface area contributed by atoms with Crippen molar-refractivity contribution in [2.24, 2.45) is 7.05 Å². The van der Waals surface area contributed by atoms with E-state index in [4.69, 9.17) is 4.52 Å². The third-order valence-electron chi connectivity index (χ3n) is 4.46. The summed E-state index contributed by atoms with van der Waals surface area (Å²) in [5, 5.41) is 8.69. The largest absolute Gasteiger partial charge is 0.342 e. The van der Waals surface area contributed by atoms with Crippen molar-refractivity contribution < 1.29 is 4.52 Å². The van der Waals surface area contributed by atoms with Gasteiger partial charge in [-0.25, -0.2) is 0 Å². The lowest BCUT2D eigenvalue weighted by molar-refractivity contribution is 0.367. The average Bonchev–Trinajstić information content (AvgIpc) is 3.22. The normalized spacial score (nSPS) is 18.4. The first kappa shape index (κ1) is 14.9. The summed E-state index contributed by atoms with van der Waals surface area (Å²) in [6.45, 7) is 3.53. The van der Waals surface area contributed by atoms with Gasteiger partial charge in [0.05, 0.1) is 6.20 Å². The first-order valence-corrected chi connectivity index (χ1v) is 8.15. The van der Waals surface area contributed by atoms with E-state index in [-0.39, 0.29) is 11.5 Å². The number of fused-ring (bicyclic) bond motifs is 1. The molecule has 126 valence electrons. The minimum Gasteiger partial charge on any atom is -0.342 e. The summed E-state index contributed by atoms with van der Waals surface area (Å²) in [5.41, 5.74) is 0.418. The summed E-state index contributed by atoms with van der Waals surface area (Å²) in [7, 11) is 1.78. The fourth-order valence-electron chi connectivity index (χ4n) is 3.13. The Hall–Kier alpha value is -2.71. The molecule has 3 aromatic rings. The third-order valence-corrected chi connectivity index (χ3v) is 4.46. The van der Waals surface area contributed by atoms with Crippen LogP contribution < -0.4 is 10.5 Å². The summed E-state index contributed by atoms with van der Waals surface area (Å²) in [4.78, 5) is 26.2. The third kappa shape index (κ3) is 2.45. The number of aromatic nitrogens is 6. The summed E-state index contributed by atoms with van der Waals surface area (Å²) >= 11 is 0. The number of anilines is 1. The molecular weight excluding hydrogens is 310 g/mol. The quantitative estimate of drug-likeness (QED) is 0.763. The van der Waals surface area contributed by atoms with Gasteiger partial charge in [-0.3, -0.25) is 14.5 Å². The van der Waals surface area contributed by atoms with Crippen molar-refractivity contribution in [3.63, 3.8) is 0 Å². The molecule has 9 heteroatoms. The highest BCUT2D eigenvalue weighted by atomic mass is 16.5. The van der Waals surface area contributed by atoms with Crippen LogP contribution in [0.2, 0.25) is 0 Å². The van der Waals surface area contributed by atoms with Crippen LogP contribution in [-0.4, -0.2) is 43.0 Å². The Morgan fingerprint density at radius 1 is 1.42 bits per heavy atom. The second-order valence-corrected chi connectivity index (χ2v) is 6.08. The molecule has 1 aliphatic heterocycles. The molecule has 0 aromatic carbocycles. The smallest absolute Gasteiger partial charge is 0.263 e. The first-order chi connectivity index (χ1) is 11.7. The van der Waals surface area contributed by atoms with Gasteiger partial charge in [0.25, 0.3) is 5.56 Å². The number of H-pyrrole nitrogens is 1. The number of hydrogen-bond donors (Lipinski definition) is 1. The van der Waals surface area contributed by atoms with E-state index < -0.39 is 0 Å². The van der Waals surface area contributed by atoms with E-state index in [2.05, 4.69) is 30.1 Å². The summed E-state index contributed by atoms with van der Waals surface area (Å²) in [6, 6.07) is 0. The molecule has 0 unspecified atom stereocenters. The van der Waals surface area contributed by atoms with Crippen LogP contribution >= 0.6 is 0 Å². The van der Waals surface area contributed by atoms with Crippen LogP contribution in [0.25, 0.3) is 11.0 Å². The molecule has 1 saturated heterocycles. The van der Waals surface area contributed by atoms with Crippen LogP contribution in [0.1, 0.15) is 37.4 Å². The summed E-state index contributed by atoms with van der Waals surface area (Å²) in [6.07, 6.45) is 4.25. The van der Waals surface area contributed by atoms with E-state index in [1.165, 1.54) is 6.20 Å². The number of piperidine rings is 1. The zero-order valence-electron chi connectivity index (χ0n) is 13.7. The van der Waals surface area contributed by atoms with Gasteiger partial charge in [0.15, 0.2) is 11.5 Å². The molecule has 1 N–H and O–H groups in total. The van der Waals surface area contributed by atoms with E-state index in [0.29, 0.717) is 29.4 Å². The van der Waals surface area contributed by atoms with E-state index >= 15 is 0 Å². The van der Waals surface area contributed by atoms with Crippen molar-refractivity contribution in [3.05, 3.63) is 28.3 Å². The zero-order valence-corrected chi connectivity index (χ0v) is 13.7. The van der Waals surface area contributed by atoms with Gasteiger partial charge in [0.1, 0.15) is 5.39 Å². The maximum absolute atomic E-state index is 12.2. The van der Waals surface area contributed by atoms with Crippen LogP contribution in [0.15, 0.2) is 15.5 Å². The van der Waals surface area contributed by atoms with Crippen molar-refractivity contribution in [3.8, 4) is 0 Å². The molecule has 4 rings (SSSR count). The monoisotopic (exact) mass is 329 g/mol. The topological polar surface area (TPSA) is 106 Å². The molecule has 0 aliphatic carbocycles. The lowest BCUT2D eigenvalue weighted by Crippen LogP contribution is -2.37. The predicted molar refractivity (Wildman–Crippen MR) is 87.0 cm³/mol. The fraction of sp³-hybridized carbons (Fsp3) is 0.533. The Labute approximate surface area is 137 Å². The number of nitrogens with one attached hydrogen (secondary N) is 1. The van der Waals surface area contributed by atoms with Crippen molar-refractivity contribution in [1.82, 2.24) is 29.9 Å². The molecule has 0 amide bonds. The van der Waals surface area contributed by atoms with E-state index in [1.807, 2.05) is 6.92 Å². The van der Waals surface area contributed by atoms with Gasteiger partial charge in [-0.15, -0.1) is 0 Å². The molecule has 4 heterocycles. The molecule has 0 saturated carbocycles. The number of nitrogens with zero attached hydrogens (tertiary/aromatic N) is 6. The Kier molecular flexibility index (Phi) is 3.55. The molecule has 9 nitrogen and oxygen atoms in total. The van der Waals surface area contributed by atoms with Gasteiger partial charge in [-0.05, 0) is 12.8 Å². The molecule has 0 spiro atoms. The fourth-order valence-corrected chi connectivity index (χ4v) is 3.13. The molecule has 3 aromatic heterocycles. The molecule has 1 fully saturated rings. The minimum atomic E-state index is -0.168. The van der Waals surface area contributed by atoms with Crippen LogP contribution in [0.3, 0.4) is 0 Å². The van der Waals surface area contributed by atoms with Gasteiger partial charge >= 0.3 is 0 Å². The van der Waals surface area contributed by atoms with Gasteiger partial charge in [0.2, 0.25) is 11.8 Å². The molecule has 0 bridgehead atoms. The minimum absolute atomic E-state index is 0.168. The molecule has 1 atom stereocenters. The van der Waals surface area contributed by atoms with Gasteiger partial charge in [-0.1, -0.05) is 12.1 Å². The zero-order chi connectivity index (χ0) is 16.7. The first-order valence-electron chi connectivity index (χ1n) is 8.15. The second-order valence-electron chi connectivity index (χ2n) is 6.08. The van der Waals surface area contributed by atoms with Crippen molar-refractivity contribution in [2.75, 3.05) is 18.0 Å². The summed E-state index contributed by atoms with van der Waals surface area (Å²) < 4.78 is 6.84. The van der Waals surface area contributed by atoms with Crippen LogP contribution in [0, 0.1) is 0 Å². The molecule has 0 radical (unpaired) electrons. The van der Waals surface area contributed by atoms with Crippen LogP contribution in [-0.2, 0) is 13.5 Å². The standard InChI is InChI=1S/C15H19N7O2/c1-3-11-17-12(20-24-11)9-5-4-6-22(8-9)15-18-13-10(14(23)19-15)7-16-21(13)2/h7,9H,3-6,8H2,1-2H3,(H,18,19,23)/t9-/m0/s1. The van der Waals surface area contributed by atoms with E-state index in [9.17, 15) is 4.79 Å². The van der Waals surface area contributed by atoms with Gasteiger partial charge in [-0.2, -0.15) is 15.1 Å². The number of aryl methyl sites for hydroxylation is 2. The molecule has 24 heavy (non-hydrogen) atoms. The Morgan fingerprint density at radius 3 is 3.08 bits per heavy atom.